The van der Waals surface area contributed by atoms with E-state index in [9.17, 15) is 10.2 Å². The van der Waals surface area contributed by atoms with Crippen molar-refractivity contribution in [1.29, 1.82) is 0 Å². The van der Waals surface area contributed by atoms with Crippen LogP contribution in [0.25, 0.3) is 0 Å². The summed E-state index contributed by atoms with van der Waals surface area (Å²) in [4.78, 5) is 0. The van der Waals surface area contributed by atoms with Gasteiger partial charge in [-0.15, -0.1) is 0 Å². The Bertz CT molecular complexity index is 623. The SMILES string of the molecule is COc1ccccc1CC(C)(C)NCC(O)c1ccc(O)cc1. The Kier molecular flexibility index (Phi) is 5.64. The Morgan fingerprint density at radius 1 is 1.09 bits per heavy atom. The van der Waals surface area contributed by atoms with E-state index in [0.29, 0.717) is 6.54 Å². The summed E-state index contributed by atoms with van der Waals surface area (Å²) in [5, 5.41) is 23.0. The van der Waals surface area contributed by atoms with Gasteiger partial charge in [-0.1, -0.05) is 30.3 Å². The molecule has 0 bridgehead atoms. The number of aromatic hydroxyl groups is 1. The highest BCUT2D eigenvalue weighted by molar-refractivity contribution is 5.34. The van der Waals surface area contributed by atoms with Crippen molar-refractivity contribution in [2.24, 2.45) is 0 Å². The summed E-state index contributed by atoms with van der Waals surface area (Å²) in [5.74, 6) is 1.08. The number of aliphatic hydroxyl groups is 1. The van der Waals surface area contributed by atoms with Gasteiger partial charge in [0.1, 0.15) is 11.5 Å². The molecule has 0 heterocycles. The first-order valence-corrected chi connectivity index (χ1v) is 7.75. The van der Waals surface area contributed by atoms with E-state index in [0.717, 1.165) is 23.3 Å². The third kappa shape index (κ3) is 4.98. The average Bonchev–Trinajstić information content (AvgIpc) is 2.53. The standard InChI is InChI=1S/C19H25NO3/c1-19(2,12-15-6-4-5-7-18(15)23-3)20-13-17(22)14-8-10-16(21)11-9-14/h4-11,17,20-22H,12-13H2,1-3H3. The lowest BCUT2D eigenvalue weighted by atomic mass is 9.94. The number of aliphatic hydroxyl groups excluding tert-OH is 1. The third-order valence-corrected chi connectivity index (χ3v) is 3.88. The molecular formula is C19H25NO3. The van der Waals surface area contributed by atoms with Gasteiger partial charge in [-0.3, -0.25) is 0 Å². The molecule has 4 heteroatoms. The summed E-state index contributed by atoms with van der Waals surface area (Å²) in [7, 11) is 1.67. The average molecular weight is 315 g/mol. The van der Waals surface area contributed by atoms with E-state index in [1.165, 1.54) is 0 Å². The highest BCUT2D eigenvalue weighted by Crippen LogP contribution is 2.23. The zero-order valence-corrected chi connectivity index (χ0v) is 13.9. The first-order chi connectivity index (χ1) is 10.9. The number of phenols is 1. The van der Waals surface area contributed by atoms with E-state index in [1.807, 2.05) is 18.2 Å². The normalized spacial score (nSPS) is 12.9. The Morgan fingerprint density at radius 3 is 2.39 bits per heavy atom. The molecule has 0 amide bonds. The molecule has 0 fully saturated rings. The highest BCUT2D eigenvalue weighted by Gasteiger charge is 2.21. The van der Waals surface area contributed by atoms with Gasteiger partial charge in [0.25, 0.3) is 0 Å². The molecule has 4 nitrogen and oxygen atoms in total. The van der Waals surface area contributed by atoms with Crippen LogP contribution in [0.3, 0.4) is 0 Å². The molecule has 0 aromatic heterocycles. The fourth-order valence-corrected chi connectivity index (χ4v) is 2.57. The maximum atomic E-state index is 10.3. The number of phenolic OH excluding ortho intramolecular Hbond substituents is 1. The zero-order valence-electron chi connectivity index (χ0n) is 13.9. The monoisotopic (exact) mass is 315 g/mol. The Balaban J connectivity index is 1.96. The quantitative estimate of drug-likeness (QED) is 0.735. The van der Waals surface area contributed by atoms with Crippen LogP contribution < -0.4 is 10.1 Å². The Morgan fingerprint density at radius 2 is 1.74 bits per heavy atom. The van der Waals surface area contributed by atoms with Crippen molar-refractivity contribution in [3.05, 3.63) is 59.7 Å². The molecule has 0 saturated heterocycles. The summed E-state index contributed by atoms with van der Waals surface area (Å²) >= 11 is 0. The third-order valence-electron chi connectivity index (χ3n) is 3.88. The second-order valence-corrected chi connectivity index (χ2v) is 6.36. The van der Waals surface area contributed by atoms with E-state index in [1.54, 1.807) is 31.4 Å². The van der Waals surface area contributed by atoms with E-state index in [-0.39, 0.29) is 11.3 Å². The molecule has 1 atom stereocenters. The van der Waals surface area contributed by atoms with Crippen molar-refractivity contribution in [3.63, 3.8) is 0 Å². The highest BCUT2D eigenvalue weighted by atomic mass is 16.5. The second-order valence-electron chi connectivity index (χ2n) is 6.36. The maximum Gasteiger partial charge on any atom is 0.122 e. The van der Waals surface area contributed by atoms with E-state index in [4.69, 9.17) is 4.74 Å². The molecule has 1 unspecified atom stereocenters. The lowest BCUT2D eigenvalue weighted by molar-refractivity contribution is 0.160. The van der Waals surface area contributed by atoms with Crippen LogP contribution in [0.2, 0.25) is 0 Å². The van der Waals surface area contributed by atoms with E-state index < -0.39 is 6.10 Å². The van der Waals surface area contributed by atoms with Gasteiger partial charge >= 0.3 is 0 Å². The number of ether oxygens (including phenoxy) is 1. The molecule has 3 N–H and O–H groups in total. The molecule has 0 aliphatic carbocycles. The predicted octanol–water partition coefficient (Wildman–Crippen LogP) is 3.05. The Hall–Kier alpha value is -2.04. The first-order valence-electron chi connectivity index (χ1n) is 7.75. The van der Waals surface area contributed by atoms with Crippen LogP contribution in [-0.2, 0) is 6.42 Å². The molecule has 0 spiro atoms. The number of methoxy groups -OCH3 is 1. The number of para-hydroxylation sites is 1. The summed E-state index contributed by atoms with van der Waals surface area (Å²) in [6, 6.07) is 14.6. The number of rotatable bonds is 7. The lowest BCUT2D eigenvalue weighted by Gasteiger charge is -2.28. The molecule has 2 rings (SSSR count). The lowest BCUT2D eigenvalue weighted by Crippen LogP contribution is -2.43. The fraction of sp³-hybridized carbons (Fsp3) is 0.368. The molecule has 2 aromatic rings. The number of β-amino-alcohol motifs (C(OH)–C–C–N with tert-alkyl or cyclic N) is 1. The summed E-state index contributed by atoms with van der Waals surface area (Å²) < 4.78 is 5.40. The van der Waals surface area contributed by atoms with Crippen molar-refractivity contribution in [2.75, 3.05) is 13.7 Å². The van der Waals surface area contributed by atoms with E-state index in [2.05, 4.69) is 25.2 Å². The molecule has 0 saturated carbocycles. The van der Waals surface area contributed by atoms with Crippen molar-refractivity contribution in [3.8, 4) is 11.5 Å². The first kappa shape index (κ1) is 17.3. The van der Waals surface area contributed by atoms with Crippen molar-refractivity contribution in [2.45, 2.75) is 31.9 Å². The molecular weight excluding hydrogens is 290 g/mol. The smallest absolute Gasteiger partial charge is 0.122 e. The van der Waals surface area contributed by atoms with Crippen molar-refractivity contribution >= 4 is 0 Å². The van der Waals surface area contributed by atoms with Gasteiger partial charge in [0.2, 0.25) is 0 Å². The summed E-state index contributed by atoms with van der Waals surface area (Å²) in [5.41, 5.74) is 1.72. The van der Waals surface area contributed by atoms with Gasteiger partial charge in [-0.05, 0) is 49.6 Å². The van der Waals surface area contributed by atoms with Crippen LogP contribution in [0.1, 0.15) is 31.1 Å². The number of hydrogen-bond donors (Lipinski definition) is 3. The summed E-state index contributed by atoms with van der Waals surface area (Å²) in [6.07, 6.45) is 0.173. The topological polar surface area (TPSA) is 61.7 Å². The maximum absolute atomic E-state index is 10.3. The van der Waals surface area contributed by atoms with Crippen LogP contribution >= 0.6 is 0 Å². The zero-order chi connectivity index (χ0) is 16.9. The van der Waals surface area contributed by atoms with Crippen molar-refractivity contribution < 1.29 is 14.9 Å². The number of hydrogen-bond acceptors (Lipinski definition) is 4. The van der Waals surface area contributed by atoms with Gasteiger partial charge in [0.05, 0.1) is 13.2 Å². The molecule has 0 aliphatic heterocycles. The largest absolute Gasteiger partial charge is 0.508 e. The van der Waals surface area contributed by atoms with E-state index >= 15 is 0 Å². The predicted molar refractivity (Wildman–Crippen MR) is 91.8 cm³/mol. The minimum absolute atomic E-state index is 0.188. The van der Waals surface area contributed by atoms with Gasteiger partial charge in [0.15, 0.2) is 0 Å². The fourth-order valence-electron chi connectivity index (χ4n) is 2.57. The van der Waals surface area contributed by atoms with Gasteiger partial charge < -0.3 is 20.3 Å². The van der Waals surface area contributed by atoms with Crippen LogP contribution in [0, 0.1) is 0 Å². The van der Waals surface area contributed by atoms with Crippen LogP contribution in [0.5, 0.6) is 11.5 Å². The van der Waals surface area contributed by atoms with Gasteiger partial charge in [-0.2, -0.15) is 0 Å². The molecule has 0 aliphatic rings. The number of benzene rings is 2. The van der Waals surface area contributed by atoms with Crippen LogP contribution in [-0.4, -0.2) is 29.4 Å². The number of nitrogens with one attached hydrogen (secondary N) is 1. The molecule has 124 valence electrons. The molecule has 2 aromatic carbocycles. The second kappa shape index (κ2) is 7.49. The Labute approximate surface area is 137 Å². The van der Waals surface area contributed by atoms with Crippen LogP contribution in [0.15, 0.2) is 48.5 Å². The van der Waals surface area contributed by atoms with Gasteiger partial charge in [-0.25, -0.2) is 0 Å². The minimum atomic E-state index is -0.618. The minimum Gasteiger partial charge on any atom is -0.508 e. The molecule has 0 radical (unpaired) electrons. The summed E-state index contributed by atoms with van der Waals surface area (Å²) in [6.45, 7) is 4.64. The van der Waals surface area contributed by atoms with Crippen molar-refractivity contribution in [1.82, 2.24) is 5.32 Å². The van der Waals surface area contributed by atoms with Crippen LogP contribution in [0.4, 0.5) is 0 Å². The van der Waals surface area contributed by atoms with Gasteiger partial charge in [0, 0.05) is 12.1 Å². The molecule has 23 heavy (non-hydrogen) atoms.